The van der Waals surface area contributed by atoms with Gasteiger partial charge in [-0.25, -0.2) is 0 Å². The first kappa shape index (κ1) is 13.9. The molecule has 1 unspecified atom stereocenters. The second-order valence-corrected chi connectivity index (χ2v) is 6.80. The van der Waals surface area contributed by atoms with Crippen molar-refractivity contribution in [2.45, 2.75) is 26.8 Å². The Morgan fingerprint density at radius 3 is 2.76 bits per heavy atom. The molecule has 0 saturated carbocycles. The number of benzene rings is 1. The molecule has 2 heterocycles. The summed E-state index contributed by atoms with van der Waals surface area (Å²) in [7, 11) is 0. The van der Waals surface area contributed by atoms with Crippen molar-refractivity contribution < 1.29 is 4.79 Å². The zero-order valence-electron chi connectivity index (χ0n) is 12.4. The normalized spacial score (nSPS) is 12.5. The lowest BCUT2D eigenvalue weighted by atomic mass is 10.1. The average Bonchev–Trinajstić information content (AvgIpc) is 3.03. The molecule has 1 amide bonds. The van der Waals surface area contributed by atoms with E-state index in [0.29, 0.717) is 5.56 Å². The molecule has 1 atom stereocenters. The third kappa shape index (κ3) is 2.72. The van der Waals surface area contributed by atoms with Gasteiger partial charge in [-0.2, -0.15) is 0 Å². The summed E-state index contributed by atoms with van der Waals surface area (Å²) in [6, 6.07) is 9.85. The Morgan fingerprint density at radius 1 is 1.24 bits per heavy atom. The molecule has 21 heavy (non-hydrogen) atoms. The number of fused-ring (bicyclic) bond motifs is 1. The third-order valence-corrected chi connectivity index (χ3v) is 4.69. The van der Waals surface area contributed by atoms with Crippen molar-refractivity contribution in [1.29, 1.82) is 0 Å². The van der Waals surface area contributed by atoms with Crippen LogP contribution < -0.4 is 5.32 Å². The van der Waals surface area contributed by atoms with Crippen LogP contribution in [0.3, 0.4) is 0 Å². The van der Waals surface area contributed by atoms with Gasteiger partial charge in [-0.1, -0.05) is 0 Å². The number of hydrogen-bond acceptors (Lipinski definition) is 2. The molecule has 3 nitrogen and oxygen atoms in total. The van der Waals surface area contributed by atoms with Crippen molar-refractivity contribution in [3.63, 3.8) is 0 Å². The number of carbonyl (C=O) groups is 1. The highest BCUT2D eigenvalue weighted by Gasteiger charge is 2.15. The molecule has 2 aromatic heterocycles. The number of H-pyrrole nitrogens is 1. The Morgan fingerprint density at radius 2 is 2.05 bits per heavy atom. The van der Waals surface area contributed by atoms with Crippen LogP contribution in [0.25, 0.3) is 10.9 Å². The van der Waals surface area contributed by atoms with Crippen molar-refractivity contribution >= 4 is 28.1 Å². The van der Waals surface area contributed by atoms with Crippen molar-refractivity contribution in [1.82, 2.24) is 10.3 Å². The second kappa shape index (κ2) is 5.37. The Bertz CT molecular complexity index is 800. The molecule has 2 N–H and O–H groups in total. The summed E-state index contributed by atoms with van der Waals surface area (Å²) >= 11 is 1.77. The van der Waals surface area contributed by atoms with E-state index in [4.69, 9.17) is 0 Å². The molecule has 3 rings (SSSR count). The van der Waals surface area contributed by atoms with Crippen LogP contribution in [-0.2, 0) is 0 Å². The number of nitrogens with one attached hydrogen (secondary N) is 2. The van der Waals surface area contributed by atoms with Gasteiger partial charge in [-0.15, -0.1) is 11.3 Å². The van der Waals surface area contributed by atoms with E-state index in [1.165, 1.54) is 15.3 Å². The van der Waals surface area contributed by atoms with Crippen LogP contribution in [0.2, 0.25) is 0 Å². The number of aromatic amines is 1. The van der Waals surface area contributed by atoms with Gasteiger partial charge in [-0.3, -0.25) is 4.79 Å². The monoisotopic (exact) mass is 298 g/mol. The molecule has 0 radical (unpaired) electrons. The maximum atomic E-state index is 12.4. The summed E-state index contributed by atoms with van der Waals surface area (Å²) < 4.78 is 0. The largest absolute Gasteiger partial charge is 0.361 e. The Labute approximate surface area is 128 Å². The van der Waals surface area contributed by atoms with Crippen LogP contribution in [0.4, 0.5) is 0 Å². The Balaban J connectivity index is 1.80. The zero-order chi connectivity index (χ0) is 15.0. The lowest BCUT2D eigenvalue weighted by Crippen LogP contribution is -2.26. The van der Waals surface area contributed by atoms with Gasteiger partial charge in [0.25, 0.3) is 5.91 Å². The topological polar surface area (TPSA) is 44.9 Å². The number of rotatable bonds is 3. The smallest absolute Gasteiger partial charge is 0.251 e. The van der Waals surface area contributed by atoms with Crippen LogP contribution in [0.15, 0.2) is 36.5 Å². The minimum absolute atomic E-state index is 0.0179. The van der Waals surface area contributed by atoms with E-state index in [0.717, 1.165) is 10.9 Å². The van der Waals surface area contributed by atoms with E-state index < -0.39 is 0 Å². The van der Waals surface area contributed by atoms with Gasteiger partial charge >= 0.3 is 0 Å². The summed E-state index contributed by atoms with van der Waals surface area (Å²) in [6.45, 7) is 6.22. The van der Waals surface area contributed by atoms with Crippen LogP contribution in [0, 0.1) is 13.8 Å². The average molecular weight is 298 g/mol. The maximum absolute atomic E-state index is 12.4. The third-order valence-electron chi connectivity index (χ3n) is 3.71. The van der Waals surface area contributed by atoms with E-state index in [9.17, 15) is 4.79 Å². The quantitative estimate of drug-likeness (QED) is 0.742. The summed E-state index contributed by atoms with van der Waals surface area (Å²) in [5.41, 5.74) is 2.94. The van der Waals surface area contributed by atoms with Crippen LogP contribution in [0.1, 0.15) is 38.6 Å². The fourth-order valence-electron chi connectivity index (χ4n) is 2.63. The predicted octanol–water partition coefficient (Wildman–Crippen LogP) is 4.34. The molecule has 0 aliphatic rings. The number of aromatic nitrogens is 1. The van der Waals surface area contributed by atoms with Gasteiger partial charge in [0.05, 0.1) is 6.04 Å². The van der Waals surface area contributed by atoms with E-state index in [-0.39, 0.29) is 11.9 Å². The minimum Gasteiger partial charge on any atom is -0.361 e. The lowest BCUT2D eigenvalue weighted by molar-refractivity contribution is 0.0940. The zero-order valence-corrected chi connectivity index (χ0v) is 13.2. The molecular formula is C17H18N2OS. The number of carbonyl (C=O) groups excluding carboxylic acids is 1. The van der Waals surface area contributed by atoms with Gasteiger partial charge in [0.2, 0.25) is 0 Å². The van der Waals surface area contributed by atoms with Crippen molar-refractivity contribution in [2.75, 3.05) is 0 Å². The summed E-state index contributed by atoms with van der Waals surface area (Å²) in [5.74, 6) is -0.0335. The number of amides is 1. The molecule has 0 saturated heterocycles. The molecule has 0 bridgehead atoms. The summed E-state index contributed by atoms with van der Waals surface area (Å²) in [4.78, 5) is 18.1. The SMILES string of the molecule is Cc1cc(C(C)NC(=O)c2ccc3[nH]ccc3c2)c(C)s1. The number of hydrogen-bond donors (Lipinski definition) is 2. The summed E-state index contributed by atoms with van der Waals surface area (Å²) in [6.07, 6.45) is 1.88. The van der Waals surface area contributed by atoms with Gasteiger partial charge in [-0.05, 0) is 56.7 Å². The van der Waals surface area contributed by atoms with E-state index in [2.05, 4.69) is 30.2 Å². The van der Waals surface area contributed by atoms with E-state index in [1.807, 2.05) is 37.4 Å². The highest BCUT2D eigenvalue weighted by Crippen LogP contribution is 2.26. The summed E-state index contributed by atoms with van der Waals surface area (Å²) in [5, 5.41) is 4.13. The number of aryl methyl sites for hydroxylation is 2. The fraction of sp³-hybridized carbons (Fsp3) is 0.235. The highest BCUT2D eigenvalue weighted by atomic mass is 32.1. The van der Waals surface area contributed by atoms with Crippen LogP contribution in [-0.4, -0.2) is 10.9 Å². The first-order chi connectivity index (χ1) is 10.0. The molecular weight excluding hydrogens is 280 g/mol. The van der Waals surface area contributed by atoms with Crippen molar-refractivity contribution in [2.24, 2.45) is 0 Å². The van der Waals surface area contributed by atoms with Gasteiger partial charge in [0, 0.05) is 32.4 Å². The Kier molecular flexibility index (Phi) is 3.55. The highest BCUT2D eigenvalue weighted by molar-refractivity contribution is 7.12. The van der Waals surface area contributed by atoms with Crippen LogP contribution >= 0.6 is 11.3 Å². The van der Waals surface area contributed by atoms with Crippen molar-refractivity contribution in [3.05, 3.63) is 57.4 Å². The Hall–Kier alpha value is -2.07. The van der Waals surface area contributed by atoms with Gasteiger partial charge in [0.1, 0.15) is 0 Å². The molecule has 4 heteroatoms. The maximum Gasteiger partial charge on any atom is 0.251 e. The van der Waals surface area contributed by atoms with E-state index >= 15 is 0 Å². The van der Waals surface area contributed by atoms with E-state index in [1.54, 1.807) is 11.3 Å². The van der Waals surface area contributed by atoms with Crippen LogP contribution in [0.5, 0.6) is 0 Å². The molecule has 0 spiro atoms. The molecule has 0 aliphatic carbocycles. The fourth-order valence-corrected chi connectivity index (χ4v) is 3.66. The first-order valence-corrected chi connectivity index (χ1v) is 7.81. The standard InChI is InChI=1S/C17H18N2OS/c1-10-8-15(12(3)21-10)11(2)19-17(20)14-4-5-16-13(9-14)6-7-18-16/h4-9,11,18H,1-3H3,(H,19,20). The molecule has 1 aromatic carbocycles. The van der Waals surface area contributed by atoms with Gasteiger partial charge in [0.15, 0.2) is 0 Å². The molecule has 3 aromatic rings. The minimum atomic E-state index is -0.0335. The molecule has 108 valence electrons. The molecule has 0 aliphatic heterocycles. The predicted molar refractivity (Wildman–Crippen MR) is 88.0 cm³/mol. The molecule has 0 fully saturated rings. The second-order valence-electron chi connectivity index (χ2n) is 5.34. The number of thiophene rings is 1. The first-order valence-electron chi connectivity index (χ1n) is 6.99. The van der Waals surface area contributed by atoms with Gasteiger partial charge < -0.3 is 10.3 Å². The lowest BCUT2D eigenvalue weighted by Gasteiger charge is -2.14. The van der Waals surface area contributed by atoms with Crippen molar-refractivity contribution in [3.8, 4) is 0 Å².